The van der Waals surface area contributed by atoms with E-state index in [2.05, 4.69) is 85.6 Å². The molecule has 1 N–H and O–H groups in total. The summed E-state index contributed by atoms with van der Waals surface area (Å²) in [6, 6.07) is 20.5. The van der Waals surface area contributed by atoms with E-state index in [4.69, 9.17) is 4.74 Å². The minimum Gasteiger partial charge on any atom is -0.493 e. The zero-order valence-electron chi connectivity index (χ0n) is 17.5. The van der Waals surface area contributed by atoms with Crippen LogP contribution in [0.1, 0.15) is 50.8 Å². The molecule has 150 valence electrons. The predicted octanol–water partition coefficient (Wildman–Crippen LogP) is 4.88. The third-order valence-corrected chi connectivity index (χ3v) is 6.11. The summed E-state index contributed by atoms with van der Waals surface area (Å²) in [6.45, 7) is 11.0. The maximum atomic E-state index is 5.95. The molecule has 0 aromatic heterocycles. The number of hydrogen-bond donors (Lipinski definition) is 1. The summed E-state index contributed by atoms with van der Waals surface area (Å²) in [4.78, 5) is 2.64. The van der Waals surface area contributed by atoms with Gasteiger partial charge in [-0.15, -0.1) is 0 Å². The highest BCUT2D eigenvalue weighted by Gasteiger charge is 2.33. The van der Waals surface area contributed by atoms with E-state index in [0.29, 0.717) is 6.04 Å². The number of nitrogens with zero attached hydrogens (tertiary/aromatic N) is 1. The zero-order valence-corrected chi connectivity index (χ0v) is 17.5. The highest BCUT2D eigenvalue weighted by Crippen LogP contribution is 2.34. The van der Waals surface area contributed by atoms with Crippen LogP contribution < -0.4 is 10.1 Å². The van der Waals surface area contributed by atoms with E-state index in [1.807, 2.05) is 0 Å². The van der Waals surface area contributed by atoms with Gasteiger partial charge in [-0.1, -0.05) is 63.2 Å². The number of benzene rings is 2. The van der Waals surface area contributed by atoms with E-state index in [1.165, 1.54) is 24.0 Å². The Hall–Kier alpha value is -1.84. The number of piperazine rings is 1. The van der Waals surface area contributed by atoms with Crippen molar-refractivity contribution in [2.45, 2.75) is 45.7 Å². The van der Waals surface area contributed by atoms with Gasteiger partial charge in [-0.2, -0.15) is 0 Å². The van der Waals surface area contributed by atoms with Crippen molar-refractivity contribution in [1.82, 2.24) is 10.2 Å². The summed E-state index contributed by atoms with van der Waals surface area (Å²) < 4.78 is 5.95. The summed E-state index contributed by atoms with van der Waals surface area (Å²) in [5.74, 6) is 1.78. The first-order chi connectivity index (χ1) is 13.5. The van der Waals surface area contributed by atoms with Gasteiger partial charge in [0.15, 0.2) is 0 Å². The monoisotopic (exact) mass is 378 g/mol. The van der Waals surface area contributed by atoms with Crippen LogP contribution in [0.3, 0.4) is 0 Å². The van der Waals surface area contributed by atoms with Crippen LogP contribution in [-0.4, -0.2) is 37.2 Å². The van der Waals surface area contributed by atoms with Gasteiger partial charge in [-0.25, -0.2) is 0 Å². The number of rotatable bonds is 6. The van der Waals surface area contributed by atoms with Crippen LogP contribution in [0.5, 0.6) is 5.75 Å². The van der Waals surface area contributed by atoms with Crippen molar-refractivity contribution in [3.8, 4) is 5.75 Å². The largest absolute Gasteiger partial charge is 0.493 e. The van der Waals surface area contributed by atoms with Gasteiger partial charge in [-0.05, 0) is 47.4 Å². The quantitative estimate of drug-likeness (QED) is 0.775. The molecule has 1 saturated carbocycles. The van der Waals surface area contributed by atoms with E-state index in [9.17, 15) is 0 Å². The fourth-order valence-corrected chi connectivity index (χ4v) is 4.08. The van der Waals surface area contributed by atoms with Crippen molar-refractivity contribution in [1.29, 1.82) is 0 Å². The second-order valence-corrected chi connectivity index (χ2v) is 9.50. The Morgan fingerprint density at radius 2 is 1.68 bits per heavy atom. The highest BCUT2D eigenvalue weighted by atomic mass is 16.5. The van der Waals surface area contributed by atoms with Gasteiger partial charge in [0.05, 0.1) is 12.6 Å². The van der Waals surface area contributed by atoms with Crippen LogP contribution >= 0.6 is 0 Å². The molecule has 2 atom stereocenters. The molecule has 2 unspecified atom stereocenters. The molecular formula is C25H34N2O. The minimum atomic E-state index is 0.250. The molecule has 1 aliphatic heterocycles. The minimum absolute atomic E-state index is 0.250. The van der Waals surface area contributed by atoms with E-state index in [1.54, 1.807) is 0 Å². The smallest absolute Gasteiger partial charge is 0.119 e. The van der Waals surface area contributed by atoms with Crippen molar-refractivity contribution >= 4 is 0 Å². The molecule has 3 heteroatoms. The molecule has 2 aromatic carbocycles. The Morgan fingerprint density at radius 1 is 1.00 bits per heavy atom. The molecule has 28 heavy (non-hydrogen) atoms. The van der Waals surface area contributed by atoms with Crippen LogP contribution in [0.15, 0.2) is 54.6 Å². The predicted molar refractivity (Wildman–Crippen MR) is 116 cm³/mol. The Kier molecular flexibility index (Phi) is 5.75. The molecule has 2 aromatic rings. The summed E-state index contributed by atoms with van der Waals surface area (Å²) in [5, 5.41) is 3.73. The second kappa shape index (κ2) is 8.26. The SMILES string of the molecule is CC(C)(C)C1CN(C(c2ccccc2)c2ccc(OCC3CC3)cc2)CCN1. The summed E-state index contributed by atoms with van der Waals surface area (Å²) in [6.07, 6.45) is 2.65. The molecule has 0 amide bonds. The lowest BCUT2D eigenvalue weighted by Crippen LogP contribution is -2.56. The molecule has 3 nitrogen and oxygen atoms in total. The number of ether oxygens (including phenoxy) is 1. The topological polar surface area (TPSA) is 24.5 Å². The fraction of sp³-hybridized carbons (Fsp3) is 0.520. The van der Waals surface area contributed by atoms with Crippen LogP contribution in [0.2, 0.25) is 0 Å². The maximum absolute atomic E-state index is 5.95. The first-order valence-corrected chi connectivity index (χ1v) is 10.8. The van der Waals surface area contributed by atoms with Crippen molar-refractivity contribution in [3.63, 3.8) is 0 Å². The molecule has 1 aliphatic carbocycles. The maximum Gasteiger partial charge on any atom is 0.119 e. The molecule has 2 fully saturated rings. The first kappa shape index (κ1) is 19.5. The van der Waals surface area contributed by atoms with Crippen molar-refractivity contribution in [3.05, 3.63) is 65.7 Å². The van der Waals surface area contributed by atoms with E-state index >= 15 is 0 Å². The van der Waals surface area contributed by atoms with Gasteiger partial charge in [-0.3, -0.25) is 4.90 Å². The van der Waals surface area contributed by atoms with Gasteiger partial charge < -0.3 is 10.1 Å². The zero-order chi connectivity index (χ0) is 19.6. The number of nitrogens with one attached hydrogen (secondary N) is 1. The van der Waals surface area contributed by atoms with Gasteiger partial charge >= 0.3 is 0 Å². The van der Waals surface area contributed by atoms with E-state index in [-0.39, 0.29) is 11.5 Å². The molecule has 0 bridgehead atoms. The standard InChI is InChI=1S/C25H34N2O/c1-25(2,3)23-17-27(16-15-26-23)24(20-7-5-4-6-8-20)21-11-13-22(14-12-21)28-18-19-9-10-19/h4-8,11-14,19,23-24,26H,9-10,15-18H2,1-3H3. The van der Waals surface area contributed by atoms with Crippen LogP contribution in [-0.2, 0) is 0 Å². The normalized spacial score (nSPS) is 22.0. The lowest BCUT2D eigenvalue weighted by molar-refractivity contribution is 0.111. The lowest BCUT2D eigenvalue weighted by Gasteiger charge is -2.44. The third kappa shape index (κ3) is 4.76. The Balaban J connectivity index is 1.57. The average Bonchev–Trinajstić information content (AvgIpc) is 3.53. The average molecular weight is 379 g/mol. The summed E-state index contributed by atoms with van der Waals surface area (Å²) in [7, 11) is 0. The van der Waals surface area contributed by atoms with Crippen molar-refractivity contribution in [2.75, 3.05) is 26.2 Å². The summed E-state index contributed by atoms with van der Waals surface area (Å²) >= 11 is 0. The van der Waals surface area contributed by atoms with Crippen molar-refractivity contribution in [2.24, 2.45) is 11.3 Å². The van der Waals surface area contributed by atoms with Crippen LogP contribution in [0.25, 0.3) is 0 Å². The Labute approximate surface area is 170 Å². The van der Waals surface area contributed by atoms with Gasteiger partial charge in [0, 0.05) is 25.7 Å². The Bertz CT molecular complexity index is 746. The van der Waals surface area contributed by atoms with Gasteiger partial charge in [0.1, 0.15) is 5.75 Å². The Morgan fingerprint density at radius 3 is 2.32 bits per heavy atom. The highest BCUT2D eigenvalue weighted by molar-refractivity contribution is 5.36. The summed E-state index contributed by atoms with van der Waals surface area (Å²) in [5.41, 5.74) is 2.96. The number of hydrogen-bond acceptors (Lipinski definition) is 3. The van der Waals surface area contributed by atoms with Gasteiger partial charge in [0.25, 0.3) is 0 Å². The molecule has 4 rings (SSSR count). The second-order valence-electron chi connectivity index (χ2n) is 9.50. The van der Waals surface area contributed by atoms with Crippen molar-refractivity contribution < 1.29 is 4.74 Å². The first-order valence-electron chi connectivity index (χ1n) is 10.8. The molecule has 0 spiro atoms. The fourth-order valence-electron chi connectivity index (χ4n) is 4.08. The molecular weight excluding hydrogens is 344 g/mol. The molecule has 0 radical (unpaired) electrons. The lowest BCUT2D eigenvalue weighted by atomic mass is 9.84. The van der Waals surface area contributed by atoms with Crippen LogP contribution in [0, 0.1) is 11.3 Å². The third-order valence-electron chi connectivity index (χ3n) is 6.11. The van der Waals surface area contributed by atoms with E-state index < -0.39 is 0 Å². The molecule has 1 heterocycles. The van der Waals surface area contributed by atoms with Gasteiger partial charge in [0.2, 0.25) is 0 Å². The van der Waals surface area contributed by atoms with E-state index in [0.717, 1.165) is 37.9 Å². The molecule has 1 saturated heterocycles. The molecule has 2 aliphatic rings. The van der Waals surface area contributed by atoms with Crippen LogP contribution in [0.4, 0.5) is 0 Å².